The van der Waals surface area contributed by atoms with E-state index in [1.807, 2.05) is 0 Å². The molecule has 0 aromatic carbocycles. The van der Waals surface area contributed by atoms with E-state index in [9.17, 15) is 0 Å². The van der Waals surface area contributed by atoms with Gasteiger partial charge in [-0.2, -0.15) is 0 Å². The second-order valence-electron chi connectivity index (χ2n) is 3.31. The molecule has 64 valence electrons. The first kappa shape index (κ1) is 7.74. The molecule has 0 saturated heterocycles. The first-order valence-corrected chi connectivity index (χ1v) is 4.55. The fourth-order valence-corrected chi connectivity index (χ4v) is 1.73. The van der Waals surface area contributed by atoms with Crippen molar-refractivity contribution in [2.75, 3.05) is 6.54 Å². The number of fused-ring (bicyclic) bond motifs is 1. The molecule has 2 nitrogen and oxygen atoms in total. The summed E-state index contributed by atoms with van der Waals surface area (Å²) in [5, 5.41) is 0. The molecule has 0 aromatic rings. The molecule has 1 aliphatic heterocycles. The van der Waals surface area contributed by atoms with Crippen molar-refractivity contribution in [1.82, 2.24) is 0 Å². The zero-order chi connectivity index (χ0) is 8.39. The Morgan fingerprint density at radius 3 is 3.33 bits per heavy atom. The Labute approximate surface area is 72.9 Å². The molecule has 0 aromatic heterocycles. The third kappa shape index (κ3) is 1.34. The number of allylic oxidation sites excluding steroid dienone is 3. The molecule has 2 aliphatic rings. The quantitative estimate of drug-likeness (QED) is 0.575. The molecule has 1 unspecified atom stereocenters. The lowest BCUT2D eigenvalue weighted by atomic mass is 9.95. The van der Waals surface area contributed by atoms with E-state index in [4.69, 9.17) is 5.73 Å². The average Bonchev–Trinajstić information content (AvgIpc) is 2.29. The normalized spacial score (nSPS) is 28.6. The van der Waals surface area contributed by atoms with Crippen LogP contribution in [0.1, 0.15) is 19.3 Å². The van der Waals surface area contributed by atoms with Gasteiger partial charge in [0.15, 0.2) is 0 Å². The molecule has 2 N–H and O–H groups in total. The second-order valence-corrected chi connectivity index (χ2v) is 3.31. The van der Waals surface area contributed by atoms with E-state index in [0.29, 0.717) is 0 Å². The summed E-state index contributed by atoms with van der Waals surface area (Å²) >= 11 is 0. The summed E-state index contributed by atoms with van der Waals surface area (Å²) in [5.41, 5.74) is 8.38. The van der Waals surface area contributed by atoms with E-state index in [1.54, 1.807) is 0 Å². The third-order valence-electron chi connectivity index (χ3n) is 2.40. The maximum Gasteiger partial charge on any atom is 0.0615 e. The van der Waals surface area contributed by atoms with Gasteiger partial charge in [0.1, 0.15) is 0 Å². The Morgan fingerprint density at radius 1 is 1.50 bits per heavy atom. The van der Waals surface area contributed by atoms with Crippen molar-refractivity contribution in [2.45, 2.75) is 25.3 Å². The summed E-state index contributed by atoms with van der Waals surface area (Å²) in [6.07, 6.45) is 9.65. The first-order valence-electron chi connectivity index (χ1n) is 4.55. The molecule has 0 radical (unpaired) electrons. The Hall–Kier alpha value is -0.890. The highest BCUT2D eigenvalue weighted by molar-refractivity contribution is 6.10. The summed E-state index contributed by atoms with van der Waals surface area (Å²) in [6.45, 7) is 0.935. The minimum atomic E-state index is 0.219. The maximum atomic E-state index is 6.01. The molecule has 0 saturated carbocycles. The van der Waals surface area contributed by atoms with Gasteiger partial charge in [0, 0.05) is 12.6 Å². The average molecular weight is 162 g/mol. The van der Waals surface area contributed by atoms with Gasteiger partial charge in [0.25, 0.3) is 0 Å². The summed E-state index contributed by atoms with van der Waals surface area (Å²) in [4.78, 5) is 4.48. The van der Waals surface area contributed by atoms with E-state index in [0.717, 1.165) is 31.5 Å². The molecule has 0 spiro atoms. The van der Waals surface area contributed by atoms with Gasteiger partial charge in [-0.3, -0.25) is 4.99 Å². The number of rotatable bonds is 0. The summed E-state index contributed by atoms with van der Waals surface area (Å²) in [7, 11) is 0. The van der Waals surface area contributed by atoms with E-state index >= 15 is 0 Å². The molecule has 2 rings (SSSR count). The van der Waals surface area contributed by atoms with Gasteiger partial charge in [-0.1, -0.05) is 12.2 Å². The largest absolute Gasteiger partial charge is 0.324 e. The number of nitrogens with two attached hydrogens (primary N) is 1. The number of nitrogens with zero attached hydrogens (tertiary/aromatic N) is 1. The molecular weight excluding hydrogens is 148 g/mol. The highest BCUT2D eigenvalue weighted by Crippen LogP contribution is 2.18. The van der Waals surface area contributed by atoms with Crippen LogP contribution >= 0.6 is 0 Å². The second kappa shape index (κ2) is 3.23. The lowest BCUT2D eigenvalue weighted by Crippen LogP contribution is -2.26. The molecular formula is C10H14N2. The Morgan fingerprint density at radius 2 is 2.42 bits per heavy atom. The molecule has 1 aliphatic carbocycles. The van der Waals surface area contributed by atoms with Crippen LogP contribution in [-0.4, -0.2) is 18.3 Å². The van der Waals surface area contributed by atoms with E-state index in [2.05, 4.69) is 23.2 Å². The van der Waals surface area contributed by atoms with Gasteiger partial charge in [0.05, 0.1) is 5.71 Å². The number of hydrogen-bond donors (Lipinski definition) is 1. The predicted octanol–water partition coefficient (Wildman–Crippen LogP) is 1.43. The molecule has 0 amide bonds. The van der Waals surface area contributed by atoms with E-state index in [-0.39, 0.29) is 6.04 Å². The highest BCUT2D eigenvalue weighted by atomic mass is 14.8. The van der Waals surface area contributed by atoms with E-state index in [1.165, 1.54) is 5.57 Å². The van der Waals surface area contributed by atoms with Gasteiger partial charge >= 0.3 is 0 Å². The Bertz CT molecular complexity index is 261. The van der Waals surface area contributed by atoms with Crippen LogP contribution in [0.2, 0.25) is 0 Å². The van der Waals surface area contributed by atoms with Crippen LogP contribution in [0.3, 0.4) is 0 Å². The predicted molar refractivity (Wildman–Crippen MR) is 51.4 cm³/mol. The zero-order valence-electron chi connectivity index (χ0n) is 7.16. The summed E-state index contributed by atoms with van der Waals surface area (Å²) in [6, 6.07) is 0.219. The maximum absolute atomic E-state index is 6.01. The number of hydrogen-bond acceptors (Lipinski definition) is 2. The molecule has 2 heteroatoms. The Kier molecular flexibility index (Phi) is 2.09. The summed E-state index contributed by atoms with van der Waals surface area (Å²) < 4.78 is 0. The SMILES string of the molecule is NC1CCCN=C2C=CCC=C21. The first-order chi connectivity index (χ1) is 5.88. The van der Waals surface area contributed by atoms with Crippen molar-refractivity contribution in [3.8, 4) is 0 Å². The number of aliphatic imine (C=N–C) groups is 1. The molecule has 0 bridgehead atoms. The topological polar surface area (TPSA) is 38.4 Å². The van der Waals surface area contributed by atoms with E-state index < -0.39 is 0 Å². The van der Waals surface area contributed by atoms with Crippen molar-refractivity contribution in [3.05, 3.63) is 23.8 Å². The van der Waals surface area contributed by atoms with Crippen LogP contribution < -0.4 is 5.73 Å². The lowest BCUT2D eigenvalue weighted by molar-refractivity contribution is 0.677. The highest BCUT2D eigenvalue weighted by Gasteiger charge is 2.17. The van der Waals surface area contributed by atoms with Gasteiger partial charge in [-0.05, 0) is 30.9 Å². The van der Waals surface area contributed by atoms with Gasteiger partial charge in [-0.25, -0.2) is 0 Å². The molecule has 1 heterocycles. The van der Waals surface area contributed by atoms with Crippen LogP contribution in [0.15, 0.2) is 28.8 Å². The van der Waals surface area contributed by atoms with Crippen LogP contribution in [0.5, 0.6) is 0 Å². The van der Waals surface area contributed by atoms with Gasteiger partial charge in [0.2, 0.25) is 0 Å². The van der Waals surface area contributed by atoms with Crippen molar-refractivity contribution in [1.29, 1.82) is 0 Å². The Balaban J connectivity index is 2.30. The lowest BCUT2D eigenvalue weighted by Gasteiger charge is -2.15. The monoisotopic (exact) mass is 162 g/mol. The third-order valence-corrected chi connectivity index (χ3v) is 2.40. The fourth-order valence-electron chi connectivity index (χ4n) is 1.73. The zero-order valence-corrected chi connectivity index (χ0v) is 7.16. The fraction of sp³-hybridized carbons (Fsp3) is 0.500. The van der Waals surface area contributed by atoms with Crippen LogP contribution in [-0.2, 0) is 0 Å². The van der Waals surface area contributed by atoms with Crippen LogP contribution in [0.25, 0.3) is 0 Å². The van der Waals surface area contributed by atoms with Gasteiger partial charge in [-0.15, -0.1) is 0 Å². The minimum absolute atomic E-state index is 0.219. The van der Waals surface area contributed by atoms with Crippen molar-refractivity contribution in [2.24, 2.45) is 10.7 Å². The van der Waals surface area contributed by atoms with Gasteiger partial charge < -0.3 is 5.73 Å². The molecule has 12 heavy (non-hydrogen) atoms. The van der Waals surface area contributed by atoms with Crippen molar-refractivity contribution < 1.29 is 0 Å². The molecule has 0 fully saturated rings. The smallest absolute Gasteiger partial charge is 0.0615 e. The molecule has 1 atom stereocenters. The standard InChI is InChI=1S/C10H14N2/c11-9-5-3-7-12-10-6-2-1-4-8(9)10/h2,4,6,9H,1,3,5,7,11H2. The summed E-state index contributed by atoms with van der Waals surface area (Å²) in [5.74, 6) is 0. The van der Waals surface area contributed by atoms with Crippen LogP contribution in [0.4, 0.5) is 0 Å². The van der Waals surface area contributed by atoms with Crippen molar-refractivity contribution in [3.63, 3.8) is 0 Å². The van der Waals surface area contributed by atoms with Crippen LogP contribution in [0, 0.1) is 0 Å². The minimum Gasteiger partial charge on any atom is -0.324 e. The van der Waals surface area contributed by atoms with Crippen molar-refractivity contribution >= 4 is 5.71 Å².